The number of nitrogens with zero attached hydrogens (tertiary/aromatic N) is 2. The molecule has 2 saturated heterocycles. The van der Waals surface area contributed by atoms with E-state index in [0.717, 1.165) is 24.2 Å². The summed E-state index contributed by atoms with van der Waals surface area (Å²) in [6.45, 7) is 8.04. The predicted molar refractivity (Wildman–Crippen MR) is 142 cm³/mol. The van der Waals surface area contributed by atoms with Crippen molar-refractivity contribution in [1.29, 1.82) is 0 Å². The lowest BCUT2D eigenvalue weighted by Gasteiger charge is -2.40. The second-order valence-electron chi connectivity index (χ2n) is 10.6. The van der Waals surface area contributed by atoms with Gasteiger partial charge in [-0.1, -0.05) is 30.3 Å². The van der Waals surface area contributed by atoms with Crippen LogP contribution in [0.4, 0.5) is 4.39 Å². The van der Waals surface area contributed by atoms with Crippen LogP contribution in [-0.4, -0.2) is 66.6 Å². The zero-order valence-corrected chi connectivity index (χ0v) is 22.5. The van der Waals surface area contributed by atoms with E-state index >= 15 is 4.39 Å². The number of halogens is 1. The van der Waals surface area contributed by atoms with Gasteiger partial charge in [0, 0.05) is 49.3 Å². The zero-order valence-electron chi connectivity index (χ0n) is 22.5. The van der Waals surface area contributed by atoms with Gasteiger partial charge in [-0.3, -0.25) is 24.6 Å². The van der Waals surface area contributed by atoms with Crippen molar-refractivity contribution < 1.29 is 28.2 Å². The Kier molecular flexibility index (Phi) is 8.52. The van der Waals surface area contributed by atoms with Gasteiger partial charge in [0.2, 0.25) is 18.2 Å². The number of carbonyl (C=O) groups excluding carboxylic acids is 3. The van der Waals surface area contributed by atoms with Crippen LogP contribution in [0, 0.1) is 12.7 Å². The van der Waals surface area contributed by atoms with Gasteiger partial charge in [0.15, 0.2) is 0 Å². The highest BCUT2D eigenvalue weighted by Crippen LogP contribution is 2.30. The van der Waals surface area contributed by atoms with E-state index in [4.69, 9.17) is 9.47 Å². The van der Waals surface area contributed by atoms with Crippen LogP contribution in [0.2, 0.25) is 0 Å². The first kappa shape index (κ1) is 27.8. The summed E-state index contributed by atoms with van der Waals surface area (Å²) < 4.78 is 27.4. The van der Waals surface area contributed by atoms with E-state index in [-0.39, 0.29) is 49.9 Å². The lowest BCUT2D eigenvalue weighted by molar-refractivity contribution is -0.144. The molecule has 10 heteroatoms. The number of ether oxygens (including phenoxy) is 2. The fourth-order valence-corrected chi connectivity index (χ4v) is 5.26. The molecule has 2 fully saturated rings. The maximum absolute atomic E-state index is 15.5. The van der Waals surface area contributed by atoms with Crippen LogP contribution in [0.15, 0.2) is 36.4 Å². The molecule has 0 aromatic heterocycles. The minimum atomic E-state index is -1.16. The molecule has 0 aliphatic carbocycles. The molecule has 2 aliphatic rings. The quantitative estimate of drug-likeness (QED) is 0.308. The SMILES string of the molecule is BC1(N(C=O)Cc2c(C)cccc2OCc2cccc(CN3CC(C)OC(C)C3)c2F)CCC(=O)NC1=O. The van der Waals surface area contributed by atoms with E-state index < -0.39 is 11.3 Å². The summed E-state index contributed by atoms with van der Waals surface area (Å²) in [5, 5.41) is 2.33. The van der Waals surface area contributed by atoms with Crippen LogP contribution >= 0.6 is 0 Å². The standard InChI is InChI=1S/C28H35BFN3O5/c1-18-6-4-9-24(23(18)15-33(17-34)28(29)11-10-25(35)31-27(28)36)37-16-22-8-5-7-21(26(22)30)14-32-12-19(2)38-20(3)13-32/h4-9,17,19-20H,10-16,29H2,1-3H3,(H,31,35,36). The van der Waals surface area contributed by atoms with Gasteiger partial charge in [0.25, 0.3) is 0 Å². The first-order chi connectivity index (χ1) is 18.1. The third-order valence-corrected chi connectivity index (χ3v) is 7.47. The van der Waals surface area contributed by atoms with Gasteiger partial charge in [0.1, 0.15) is 26.0 Å². The molecule has 0 spiro atoms. The van der Waals surface area contributed by atoms with Crippen LogP contribution in [-0.2, 0) is 38.8 Å². The molecule has 2 aromatic carbocycles. The Balaban J connectivity index is 1.50. The first-order valence-corrected chi connectivity index (χ1v) is 13.0. The molecule has 202 valence electrons. The Bertz CT molecular complexity index is 1200. The van der Waals surface area contributed by atoms with Crippen LogP contribution < -0.4 is 10.1 Å². The Hall–Kier alpha value is -3.24. The monoisotopic (exact) mass is 523 g/mol. The van der Waals surface area contributed by atoms with Gasteiger partial charge in [0.05, 0.1) is 17.6 Å². The highest BCUT2D eigenvalue weighted by atomic mass is 19.1. The normalized spacial score (nSPS) is 24.1. The molecule has 0 radical (unpaired) electrons. The molecular weight excluding hydrogens is 488 g/mol. The van der Waals surface area contributed by atoms with Crippen molar-refractivity contribution in [1.82, 2.24) is 15.1 Å². The molecular formula is C28H35BFN3O5. The van der Waals surface area contributed by atoms with E-state index in [2.05, 4.69) is 10.2 Å². The number of carbonyl (C=O) groups is 3. The molecule has 2 heterocycles. The van der Waals surface area contributed by atoms with Gasteiger partial charge in [-0.2, -0.15) is 0 Å². The summed E-state index contributed by atoms with van der Waals surface area (Å²) in [7, 11) is 1.65. The zero-order chi connectivity index (χ0) is 27.4. The Labute approximate surface area is 223 Å². The largest absolute Gasteiger partial charge is 0.488 e. The van der Waals surface area contributed by atoms with E-state index in [1.165, 1.54) is 4.90 Å². The first-order valence-electron chi connectivity index (χ1n) is 13.0. The molecule has 1 N–H and O–H groups in total. The maximum atomic E-state index is 15.5. The van der Waals surface area contributed by atoms with Crippen molar-refractivity contribution in [2.45, 2.75) is 71.0 Å². The van der Waals surface area contributed by atoms with Crippen LogP contribution in [0.25, 0.3) is 0 Å². The number of rotatable bonds is 9. The average Bonchev–Trinajstić information content (AvgIpc) is 2.86. The third-order valence-electron chi connectivity index (χ3n) is 7.47. The van der Waals surface area contributed by atoms with Crippen LogP contribution in [0.5, 0.6) is 5.75 Å². The minimum absolute atomic E-state index is 0.0133. The van der Waals surface area contributed by atoms with E-state index in [9.17, 15) is 14.4 Å². The smallest absolute Gasteiger partial charge is 0.243 e. The number of hydrogen-bond acceptors (Lipinski definition) is 6. The van der Waals surface area contributed by atoms with E-state index in [0.29, 0.717) is 29.8 Å². The molecule has 2 aliphatic heterocycles. The number of imide groups is 1. The molecule has 0 saturated carbocycles. The lowest BCUT2D eigenvalue weighted by atomic mass is 9.70. The Morgan fingerprint density at radius 2 is 1.87 bits per heavy atom. The van der Waals surface area contributed by atoms with E-state index in [1.807, 2.05) is 39.0 Å². The van der Waals surface area contributed by atoms with Gasteiger partial charge in [-0.25, -0.2) is 4.39 Å². The molecule has 3 atom stereocenters. The lowest BCUT2D eigenvalue weighted by Crippen LogP contribution is -2.62. The van der Waals surface area contributed by atoms with E-state index in [1.54, 1.807) is 26.0 Å². The summed E-state index contributed by atoms with van der Waals surface area (Å²) in [6.07, 6.45) is 1.21. The molecule has 4 rings (SSSR count). The summed E-state index contributed by atoms with van der Waals surface area (Å²) in [5.41, 5.74) is 1.47. The number of aryl methyl sites for hydroxylation is 1. The fourth-order valence-electron chi connectivity index (χ4n) is 5.26. The van der Waals surface area contributed by atoms with Crippen molar-refractivity contribution >= 4 is 26.1 Å². The number of hydrogen-bond donors (Lipinski definition) is 1. The Morgan fingerprint density at radius 1 is 1.18 bits per heavy atom. The van der Waals surface area contributed by atoms with Crippen molar-refractivity contribution in [3.63, 3.8) is 0 Å². The summed E-state index contributed by atoms with van der Waals surface area (Å²) in [4.78, 5) is 40.0. The number of morpholine rings is 1. The highest BCUT2D eigenvalue weighted by molar-refractivity contribution is 6.31. The molecule has 0 bridgehead atoms. The van der Waals surface area contributed by atoms with Crippen molar-refractivity contribution in [3.05, 3.63) is 64.5 Å². The molecule has 3 unspecified atom stereocenters. The van der Waals surface area contributed by atoms with Gasteiger partial charge in [-0.05, 0) is 38.8 Å². The second kappa shape index (κ2) is 11.7. The summed E-state index contributed by atoms with van der Waals surface area (Å²) in [5.74, 6) is -0.632. The van der Waals surface area contributed by atoms with Crippen molar-refractivity contribution in [2.24, 2.45) is 0 Å². The summed E-state index contributed by atoms with van der Waals surface area (Å²) in [6, 6.07) is 10.8. The number of nitrogens with one attached hydrogen (secondary N) is 1. The van der Waals surface area contributed by atoms with Crippen LogP contribution in [0.3, 0.4) is 0 Å². The molecule has 38 heavy (non-hydrogen) atoms. The van der Waals surface area contributed by atoms with Gasteiger partial charge >= 0.3 is 0 Å². The maximum Gasteiger partial charge on any atom is 0.243 e. The third kappa shape index (κ3) is 6.08. The van der Waals surface area contributed by atoms with Gasteiger partial charge < -0.3 is 14.4 Å². The Morgan fingerprint density at radius 3 is 2.55 bits per heavy atom. The topological polar surface area (TPSA) is 88.2 Å². The molecule has 8 nitrogen and oxygen atoms in total. The van der Waals surface area contributed by atoms with Crippen LogP contribution in [0.1, 0.15) is 48.9 Å². The number of benzene rings is 2. The molecule has 2 aromatic rings. The van der Waals surface area contributed by atoms with Crippen molar-refractivity contribution in [2.75, 3.05) is 13.1 Å². The van der Waals surface area contributed by atoms with Gasteiger partial charge in [-0.15, -0.1) is 0 Å². The highest BCUT2D eigenvalue weighted by Gasteiger charge is 2.43. The minimum Gasteiger partial charge on any atom is -0.488 e. The number of amides is 3. The molecule has 3 amide bonds. The average molecular weight is 523 g/mol. The van der Waals surface area contributed by atoms with Crippen molar-refractivity contribution in [3.8, 4) is 5.75 Å². The number of piperidine rings is 1. The summed E-state index contributed by atoms with van der Waals surface area (Å²) >= 11 is 0. The second-order valence-corrected chi connectivity index (χ2v) is 10.6. The predicted octanol–water partition coefficient (Wildman–Crippen LogP) is 2.05. The fraction of sp³-hybridized carbons (Fsp3) is 0.464.